The number of aromatic nitrogens is 3. The number of amides is 1. The van der Waals surface area contributed by atoms with Crippen molar-refractivity contribution in [2.24, 2.45) is 0 Å². The van der Waals surface area contributed by atoms with Gasteiger partial charge in [0.2, 0.25) is 0 Å². The molecular weight excluding hydrogens is 444 g/mol. The minimum Gasteiger partial charge on any atom is -0.494 e. The fourth-order valence-electron chi connectivity index (χ4n) is 3.85. The summed E-state index contributed by atoms with van der Waals surface area (Å²) in [5.41, 5.74) is 3.32. The van der Waals surface area contributed by atoms with Crippen molar-refractivity contribution in [2.45, 2.75) is 33.6 Å². The minimum absolute atomic E-state index is 0.138. The molecular formula is C27H28N4O4. The van der Waals surface area contributed by atoms with Crippen molar-refractivity contribution in [1.82, 2.24) is 14.8 Å². The first-order chi connectivity index (χ1) is 16.8. The van der Waals surface area contributed by atoms with E-state index in [-0.39, 0.29) is 23.9 Å². The molecule has 0 saturated carbocycles. The van der Waals surface area contributed by atoms with Crippen molar-refractivity contribution in [3.8, 4) is 11.6 Å². The van der Waals surface area contributed by atoms with Crippen LogP contribution in [-0.4, -0.2) is 40.4 Å². The molecule has 0 fully saturated rings. The van der Waals surface area contributed by atoms with Crippen molar-refractivity contribution >= 4 is 28.6 Å². The standard InChI is InChI=1S/C27H28N4O4/c1-6-35-27(33)21-15-28-31(23-14-17(4)20-8-7-9-22(34-5)24(20)29-23)25(21)30-26(32)19-12-10-18(11-13-19)16(2)3/h7-16H,6H2,1-5H3,(H,30,32). The Balaban J connectivity index is 1.80. The van der Waals surface area contributed by atoms with Crippen molar-refractivity contribution in [1.29, 1.82) is 0 Å². The number of nitrogens with one attached hydrogen (secondary N) is 1. The van der Waals surface area contributed by atoms with E-state index in [0.29, 0.717) is 28.6 Å². The third-order valence-electron chi connectivity index (χ3n) is 5.77. The number of anilines is 1. The Morgan fingerprint density at radius 2 is 1.86 bits per heavy atom. The van der Waals surface area contributed by atoms with E-state index >= 15 is 0 Å². The molecule has 2 aromatic heterocycles. The summed E-state index contributed by atoms with van der Waals surface area (Å²) in [4.78, 5) is 30.5. The summed E-state index contributed by atoms with van der Waals surface area (Å²) in [7, 11) is 1.58. The molecule has 0 aliphatic heterocycles. The zero-order chi connectivity index (χ0) is 25.1. The Labute approximate surface area is 203 Å². The second kappa shape index (κ2) is 9.97. The number of ether oxygens (including phenoxy) is 2. The van der Waals surface area contributed by atoms with E-state index in [0.717, 1.165) is 16.5 Å². The highest BCUT2D eigenvalue weighted by molar-refractivity contribution is 6.07. The Morgan fingerprint density at radius 3 is 2.51 bits per heavy atom. The predicted octanol–water partition coefficient (Wildman–Crippen LogP) is 5.29. The summed E-state index contributed by atoms with van der Waals surface area (Å²) in [6.07, 6.45) is 1.37. The number of rotatable bonds is 7. The van der Waals surface area contributed by atoms with Crippen LogP contribution in [0.5, 0.6) is 5.75 Å². The average molecular weight is 473 g/mol. The zero-order valence-corrected chi connectivity index (χ0v) is 20.5. The van der Waals surface area contributed by atoms with Crippen molar-refractivity contribution < 1.29 is 19.1 Å². The van der Waals surface area contributed by atoms with E-state index in [1.807, 2.05) is 43.3 Å². The highest BCUT2D eigenvalue weighted by Gasteiger charge is 2.23. The lowest BCUT2D eigenvalue weighted by molar-refractivity contribution is 0.0527. The largest absolute Gasteiger partial charge is 0.494 e. The smallest absolute Gasteiger partial charge is 0.343 e. The van der Waals surface area contributed by atoms with Crippen LogP contribution in [-0.2, 0) is 4.74 Å². The predicted molar refractivity (Wildman–Crippen MR) is 135 cm³/mol. The van der Waals surface area contributed by atoms with Gasteiger partial charge in [-0.1, -0.05) is 38.1 Å². The Morgan fingerprint density at radius 1 is 1.11 bits per heavy atom. The SMILES string of the molecule is CCOC(=O)c1cnn(-c2cc(C)c3cccc(OC)c3n2)c1NC(=O)c1ccc(C(C)C)cc1. The van der Waals surface area contributed by atoms with Gasteiger partial charge >= 0.3 is 5.97 Å². The van der Waals surface area contributed by atoms with Gasteiger partial charge in [0.15, 0.2) is 11.6 Å². The lowest BCUT2D eigenvalue weighted by atomic mass is 10.0. The van der Waals surface area contributed by atoms with E-state index in [4.69, 9.17) is 14.5 Å². The molecule has 180 valence electrons. The maximum absolute atomic E-state index is 13.1. The van der Waals surface area contributed by atoms with Crippen LogP contribution >= 0.6 is 0 Å². The van der Waals surface area contributed by atoms with Gasteiger partial charge in [-0.3, -0.25) is 4.79 Å². The van der Waals surface area contributed by atoms with Crippen LogP contribution in [0.2, 0.25) is 0 Å². The third kappa shape index (κ3) is 4.73. The van der Waals surface area contributed by atoms with Gasteiger partial charge in [0, 0.05) is 10.9 Å². The lowest BCUT2D eigenvalue weighted by Crippen LogP contribution is -2.18. The monoisotopic (exact) mass is 472 g/mol. The van der Waals surface area contributed by atoms with Crippen molar-refractivity contribution in [3.63, 3.8) is 0 Å². The van der Waals surface area contributed by atoms with Gasteiger partial charge in [-0.15, -0.1) is 0 Å². The maximum atomic E-state index is 13.1. The van der Waals surface area contributed by atoms with Gasteiger partial charge < -0.3 is 14.8 Å². The number of hydrogen-bond donors (Lipinski definition) is 1. The number of methoxy groups -OCH3 is 1. The second-order valence-corrected chi connectivity index (χ2v) is 8.42. The molecule has 8 nitrogen and oxygen atoms in total. The third-order valence-corrected chi connectivity index (χ3v) is 5.77. The molecule has 0 aliphatic rings. The summed E-state index contributed by atoms with van der Waals surface area (Å²) in [5.74, 6) is 0.620. The summed E-state index contributed by atoms with van der Waals surface area (Å²) in [6, 6.07) is 14.9. The highest BCUT2D eigenvalue weighted by Crippen LogP contribution is 2.29. The maximum Gasteiger partial charge on any atom is 0.343 e. The number of hydrogen-bond acceptors (Lipinski definition) is 6. The van der Waals surface area contributed by atoms with E-state index in [9.17, 15) is 9.59 Å². The number of esters is 1. The number of para-hydroxylation sites is 1. The Bertz CT molecular complexity index is 1390. The molecule has 0 bridgehead atoms. The first-order valence-electron chi connectivity index (χ1n) is 11.4. The van der Waals surface area contributed by atoms with E-state index in [1.165, 1.54) is 10.9 Å². The molecule has 2 heterocycles. The normalized spacial score (nSPS) is 11.0. The number of benzene rings is 2. The summed E-state index contributed by atoms with van der Waals surface area (Å²) in [5, 5.41) is 8.15. The van der Waals surface area contributed by atoms with Crippen LogP contribution in [0.15, 0.2) is 54.7 Å². The van der Waals surface area contributed by atoms with Crippen molar-refractivity contribution in [3.05, 3.63) is 77.0 Å². The molecule has 8 heteroatoms. The topological polar surface area (TPSA) is 95.3 Å². The van der Waals surface area contributed by atoms with Crippen LogP contribution < -0.4 is 10.1 Å². The molecule has 0 radical (unpaired) electrons. The van der Waals surface area contributed by atoms with Crippen LogP contribution in [0.1, 0.15) is 58.5 Å². The molecule has 0 aliphatic carbocycles. The number of aryl methyl sites for hydroxylation is 1. The van der Waals surface area contributed by atoms with E-state index < -0.39 is 5.97 Å². The minimum atomic E-state index is -0.584. The average Bonchev–Trinajstić information content (AvgIpc) is 3.27. The van der Waals surface area contributed by atoms with Gasteiger partial charge in [-0.05, 0) is 55.2 Å². The Kier molecular flexibility index (Phi) is 6.82. The molecule has 0 atom stereocenters. The number of fused-ring (bicyclic) bond motifs is 1. The van der Waals surface area contributed by atoms with Crippen LogP contribution in [0.25, 0.3) is 16.7 Å². The molecule has 2 aromatic carbocycles. The fraction of sp³-hybridized carbons (Fsp3) is 0.259. The van der Waals surface area contributed by atoms with Crippen LogP contribution in [0, 0.1) is 6.92 Å². The zero-order valence-electron chi connectivity index (χ0n) is 20.5. The summed E-state index contributed by atoms with van der Waals surface area (Å²) >= 11 is 0. The van der Waals surface area contributed by atoms with Crippen molar-refractivity contribution in [2.75, 3.05) is 19.0 Å². The number of carbonyl (C=O) groups is 2. The molecule has 0 unspecified atom stereocenters. The molecule has 0 saturated heterocycles. The van der Waals surface area contributed by atoms with E-state index in [2.05, 4.69) is 24.3 Å². The fourth-order valence-corrected chi connectivity index (χ4v) is 3.85. The molecule has 35 heavy (non-hydrogen) atoms. The molecule has 4 aromatic rings. The lowest BCUT2D eigenvalue weighted by Gasteiger charge is -2.13. The van der Waals surface area contributed by atoms with Gasteiger partial charge in [-0.2, -0.15) is 9.78 Å². The molecule has 4 rings (SSSR count). The van der Waals surface area contributed by atoms with Crippen LogP contribution in [0.4, 0.5) is 5.82 Å². The molecule has 1 N–H and O–H groups in total. The number of nitrogens with zero attached hydrogens (tertiary/aromatic N) is 3. The van der Waals surface area contributed by atoms with Gasteiger partial charge in [0.1, 0.15) is 16.8 Å². The first kappa shape index (κ1) is 23.9. The van der Waals surface area contributed by atoms with Gasteiger partial charge in [-0.25, -0.2) is 9.78 Å². The highest BCUT2D eigenvalue weighted by atomic mass is 16.5. The Hall–Kier alpha value is -4.20. The molecule has 1 amide bonds. The van der Waals surface area contributed by atoms with E-state index in [1.54, 1.807) is 26.2 Å². The van der Waals surface area contributed by atoms with Gasteiger partial charge in [0.25, 0.3) is 5.91 Å². The number of pyridine rings is 1. The number of carbonyl (C=O) groups excluding carboxylic acids is 2. The summed E-state index contributed by atoms with van der Waals surface area (Å²) in [6.45, 7) is 8.05. The van der Waals surface area contributed by atoms with Gasteiger partial charge in [0.05, 0.1) is 19.9 Å². The summed E-state index contributed by atoms with van der Waals surface area (Å²) < 4.78 is 12.1. The molecule has 0 spiro atoms. The first-order valence-corrected chi connectivity index (χ1v) is 11.4. The second-order valence-electron chi connectivity index (χ2n) is 8.42. The van der Waals surface area contributed by atoms with Crippen LogP contribution in [0.3, 0.4) is 0 Å². The quantitative estimate of drug-likeness (QED) is 0.367.